The molecule has 2 fully saturated rings. The Hall–Kier alpha value is -2.44. The maximum atomic E-state index is 13.0. The molecule has 3 atom stereocenters. The van der Waals surface area contributed by atoms with Crippen molar-refractivity contribution >= 4 is 17.8 Å². The third kappa shape index (κ3) is 5.58. The highest BCUT2D eigenvalue weighted by atomic mass is 19.1. The van der Waals surface area contributed by atoms with Crippen LogP contribution in [0, 0.1) is 23.6 Å². The Labute approximate surface area is 177 Å². The average molecular weight is 419 g/mol. The number of carbonyl (C=O) groups excluding carboxylic acids is 3. The van der Waals surface area contributed by atoms with Gasteiger partial charge in [-0.3, -0.25) is 14.4 Å². The lowest BCUT2D eigenvalue weighted by Gasteiger charge is -2.34. The number of nitrogens with zero attached hydrogens (tertiary/aromatic N) is 1. The number of rotatable bonds is 5. The van der Waals surface area contributed by atoms with Gasteiger partial charge in [0.15, 0.2) is 6.61 Å². The largest absolute Gasteiger partial charge is 0.455 e. The maximum absolute atomic E-state index is 13.0. The number of ether oxygens (including phenoxy) is 1. The van der Waals surface area contributed by atoms with Crippen molar-refractivity contribution in [3.05, 3.63) is 35.6 Å². The molecule has 0 radical (unpaired) electrons. The van der Waals surface area contributed by atoms with Crippen molar-refractivity contribution in [1.82, 2.24) is 10.2 Å². The smallest absolute Gasteiger partial charge is 0.309 e. The lowest BCUT2D eigenvalue weighted by atomic mass is 9.78. The summed E-state index contributed by atoms with van der Waals surface area (Å²) in [6, 6.07) is 5.59. The molecule has 3 rings (SSSR count). The van der Waals surface area contributed by atoms with Gasteiger partial charge in [0.2, 0.25) is 0 Å². The fraction of sp³-hybridized carbons (Fsp3) is 0.609. The predicted octanol–water partition coefficient (Wildman–Crippen LogP) is 3.16. The van der Waals surface area contributed by atoms with Gasteiger partial charge in [-0.1, -0.05) is 26.7 Å². The molecule has 7 heteroatoms. The van der Waals surface area contributed by atoms with E-state index < -0.39 is 0 Å². The highest BCUT2D eigenvalue weighted by molar-refractivity contribution is 5.94. The summed E-state index contributed by atoms with van der Waals surface area (Å²) in [7, 11) is 0. The van der Waals surface area contributed by atoms with E-state index in [1.54, 1.807) is 4.90 Å². The van der Waals surface area contributed by atoms with Crippen LogP contribution in [0.2, 0.25) is 0 Å². The molecule has 1 aliphatic carbocycles. The molecule has 1 aromatic carbocycles. The fourth-order valence-corrected chi connectivity index (χ4v) is 4.38. The standard InChI is InChI=1S/C23H31FN2O4/c1-15-4-3-5-20(16(15)2)25-21(27)14-30-23(29)18-10-12-26(13-11-18)22(28)17-6-8-19(24)9-7-17/h6-9,15-16,18,20H,3-5,10-14H2,1-2H3,(H,25,27)/t15-,16+,20+/m0/s1. The second-order valence-corrected chi connectivity index (χ2v) is 8.62. The molecule has 1 saturated heterocycles. The molecule has 0 spiro atoms. The minimum Gasteiger partial charge on any atom is -0.455 e. The molecule has 1 aliphatic heterocycles. The second-order valence-electron chi connectivity index (χ2n) is 8.62. The number of amides is 2. The van der Waals surface area contributed by atoms with Gasteiger partial charge >= 0.3 is 5.97 Å². The van der Waals surface area contributed by atoms with E-state index >= 15 is 0 Å². The number of piperidine rings is 1. The molecule has 2 aliphatic rings. The van der Waals surface area contributed by atoms with Gasteiger partial charge in [0.05, 0.1) is 5.92 Å². The van der Waals surface area contributed by atoms with Gasteiger partial charge in [-0.2, -0.15) is 0 Å². The number of nitrogens with one attached hydrogen (secondary N) is 1. The van der Waals surface area contributed by atoms with Gasteiger partial charge < -0.3 is 15.0 Å². The normalized spacial score (nSPS) is 24.9. The number of halogens is 1. The van der Waals surface area contributed by atoms with Gasteiger partial charge in [-0.25, -0.2) is 4.39 Å². The molecular formula is C23H31FN2O4. The summed E-state index contributed by atoms with van der Waals surface area (Å²) in [6.07, 6.45) is 4.23. The van der Waals surface area contributed by atoms with Gasteiger partial charge in [-0.15, -0.1) is 0 Å². The van der Waals surface area contributed by atoms with Crippen LogP contribution in [0.5, 0.6) is 0 Å². The first kappa shape index (κ1) is 22.2. The minimum atomic E-state index is -0.385. The number of hydrogen-bond donors (Lipinski definition) is 1. The first-order chi connectivity index (χ1) is 14.3. The number of esters is 1. The lowest BCUT2D eigenvalue weighted by Crippen LogP contribution is -2.45. The van der Waals surface area contributed by atoms with Gasteiger partial charge in [0.1, 0.15) is 5.82 Å². The van der Waals surface area contributed by atoms with Crippen LogP contribution in [0.1, 0.15) is 56.3 Å². The van der Waals surface area contributed by atoms with E-state index in [1.165, 1.54) is 30.7 Å². The van der Waals surface area contributed by atoms with E-state index in [0.29, 0.717) is 43.3 Å². The van der Waals surface area contributed by atoms with Gasteiger partial charge in [0, 0.05) is 24.7 Å². The minimum absolute atomic E-state index is 0.140. The van der Waals surface area contributed by atoms with Crippen LogP contribution in [0.4, 0.5) is 4.39 Å². The molecule has 6 nitrogen and oxygen atoms in total. The van der Waals surface area contributed by atoms with Crippen molar-refractivity contribution < 1.29 is 23.5 Å². The van der Waals surface area contributed by atoms with Crippen LogP contribution in [-0.4, -0.2) is 48.4 Å². The van der Waals surface area contributed by atoms with Gasteiger partial charge in [0.25, 0.3) is 11.8 Å². The summed E-state index contributed by atoms with van der Waals surface area (Å²) in [4.78, 5) is 38.7. The highest BCUT2D eigenvalue weighted by Crippen LogP contribution is 2.29. The Kier molecular flexibility index (Phi) is 7.45. The van der Waals surface area contributed by atoms with E-state index in [9.17, 15) is 18.8 Å². The van der Waals surface area contributed by atoms with Crippen LogP contribution in [0.15, 0.2) is 24.3 Å². The van der Waals surface area contributed by atoms with E-state index in [1.807, 2.05) is 0 Å². The van der Waals surface area contributed by atoms with Crippen LogP contribution in [0.3, 0.4) is 0 Å². The third-order valence-electron chi connectivity index (χ3n) is 6.61. The lowest BCUT2D eigenvalue weighted by molar-refractivity contribution is -0.154. The monoisotopic (exact) mass is 418 g/mol. The van der Waals surface area contributed by atoms with Crippen LogP contribution < -0.4 is 5.32 Å². The molecular weight excluding hydrogens is 387 g/mol. The average Bonchev–Trinajstić information content (AvgIpc) is 2.75. The Morgan fingerprint density at radius 1 is 1.07 bits per heavy atom. The van der Waals surface area contributed by atoms with Crippen molar-refractivity contribution in [1.29, 1.82) is 0 Å². The predicted molar refractivity (Wildman–Crippen MR) is 110 cm³/mol. The molecule has 1 saturated carbocycles. The van der Waals surface area contributed by atoms with E-state index in [-0.39, 0.29) is 42.2 Å². The first-order valence-corrected chi connectivity index (χ1v) is 10.9. The molecule has 0 unspecified atom stereocenters. The molecule has 2 amide bonds. The maximum Gasteiger partial charge on any atom is 0.309 e. The zero-order valence-corrected chi connectivity index (χ0v) is 17.7. The van der Waals surface area contributed by atoms with E-state index in [2.05, 4.69) is 19.2 Å². The van der Waals surface area contributed by atoms with Gasteiger partial charge in [-0.05, 0) is 55.4 Å². The SMILES string of the molecule is C[C@@H]1[C@@H](C)CCC[C@H]1NC(=O)COC(=O)C1CCN(C(=O)c2ccc(F)cc2)CC1. The Bertz CT molecular complexity index is 759. The highest BCUT2D eigenvalue weighted by Gasteiger charge is 2.31. The molecule has 1 heterocycles. The van der Waals surface area contributed by atoms with E-state index in [0.717, 1.165) is 12.8 Å². The summed E-state index contributed by atoms with van der Waals surface area (Å²) in [5.74, 6) is -0.511. The molecule has 164 valence electrons. The van der Waals surface area contributed by atoms with E-state index in [4.69, 9.17) is 4.74 Å². The summed E-state index contributed by atoms with van der Waals surface area (Å²) >= 11 is 0. The van der Waals surface area contributed by atoms with Crippen molar-refractivity contribution in [2.45, 2.75) is 52.0 Å². The molecule has 30 heavy (non-hydrogen) atoms. The third-order valence-corrected chi connectivity index (χ3v) is 6.61. The zero-order chi connectivity index (χ0) is 21.7. The zero-order valence-electron chi connectivity index (χ0n) is 17.7. The Balaban J connectivity index is 1.40. The summed E-state index contributed by atoms with van der Waals surface area (Å²) in [5.41, 5.74) is 0.431. The van der Waals surface area contributed by atoms with Crippen molar-refractivity contribution in [2.24, 2.45) is 17.8 Å². The quantitative estimate of drug-likeness (QED) is 0.746. The number of likely N-dealkylation sites (tertiary alicyclic amines) is 1. The molecule has 1 N–H and O–H groups in total. The first-order valence-electron chi connectivity index (χ1n) is 10.9. The van der Waals surface area contributed by atoms with Crippen LogP contribution in [-0.2, 0) is 14.3 Å². The summed E-state index contributed by atoms with van der Waals surface area (Å²) in [5, 5.41) is 3.01. The molecule has 0 aromatic heterocycles. The summed E-state index contributed by atoms with van der Waals surface area (Å²) < 4.78 is 18.3. The van der Waals surface area contributed by atoms with Crippen molar-refractivity contribution in [2.75, 3.05) is 19.7 Å². The number of carbonyl (C=O) groups is 3. The summed E-state index contributed by atoms with van der Waals surface area (Å²) in [6.45, 7) is 4.96. The fourth-order valence-electron chi connectivity index (χ4n) is 4.38. The number of hydrogen-bond acceptors (Lipinski definition) is 4. The second kappa shape index (κ2) is 10.0. The molecule has 0 bridgehead atoms. The Morgan fingerprint density at radius 2 is 1.73 bits per heavy atom. The van der Waals surface area contributed by atoms with Crippen molar-refractivity contribution in [3.63, 3.8) is 0 Å². The Morgan fingerprint density at radius 3 is 2.40 bits per heavy atom. The number of benzene rings is 1. The van der Waals surface area contributed by atoms with Crippen molar-refractivity contribution in [3.8, 4) is 0 Å². The van der Waals surface area contributed by atoms with Crippen LogP contribution in [0.25, 0.3) is 0 Å². The van der Waals surface area contributed by atoms with Crippen LogP contribution >= 0.6 is 0 Å². The molecule has 1 aromatic rings. The topological polar surface area (TPSA) is 75.7 Å².